The van der Waals surface area contributed by atoms with Crippen molar-refractivity contribution in [2.45, 2.75) is 60.3 Å². The SMILES string of the molecule is CC(C)c1cccc(C(C)C)c1[N]=[Mo+2]=[CH]C(C)(C)C. The molecule has 0 N–H and O–H groups in total. The van der Waals surface area contributed by atoms with Crippen LogP contribution in [0.1, 0.15) is 71.4 Å². The molecule has 0 heterocycles. The molecular weight excluding hydrogens is 314 g/mol. The Labute approximate surface area is 126 Å². The van der Waals surface area contributed by atoms with Gasteiger partial charge in [-0.05, 0) is 0 Å². The summed E-state index contributed by atoms with van der Waals surface area (Å²) in [4.78, 5) is 0. The monoisotopic (exact) mass is 343 g/mol. The van der Waals surface area contributed by atoms with Gasteiger partial charge < -0.3 is 0 Å². The van der Waals surface area contributed by atoms with E-state index in [9.17, 15) is 0 Å². The second-order valence-corrected chi connectivity index (χ2v) is 8.32. The molecule has 0 spiro atoms. The fourth-order valence-corrected chi connectivity index (χ4v) is 3.54. The zero-order chi connectivity index (χ0) is 14.6. The molecule has 0 saturated carbocycles. The number of benzene rings is 1. The van der Waals surface area contributed by atoms with Gasteiger partial charge in [-0.1, -0.05) is 0 Å². The zero-order valence-electron chi connectivity index (χ0n) is 13.3. The molecule has 0 unspecified atom stereocenters. The molecule has 0 radical (unpaired) electrons. The van der Waals surface area contributed by atoms with E-state index in [1.54, 1.807) is 0 Å². The van der Waals surface area contributed by atoms with Crippen LogP contribution in [0.2, 0.25) is 0 Å². The van der Waals surface area contributed by atoms with Gasteiger partial charge in [-0.3, -0.25) is 0 Å². The summed E-state index contributed by atoms with van der Waals surface area (Å²) < 4.78 is 7.42. The first-order valence-electron chi connectivity index (χ1n) is 7.06. The molecule has 19 heavy (non-hydrogen) atoms. The number of hydrogen-bond acceptors (Lipinski definition) is 1. The molecule has 0 bridgehead atoms. The van der Waals surface area contributed by atoms with Crippen LogP contribution in [0.15, 0.2) is 21.7 Å². The first-order valence-corrected chi connectivity index (χ1v) is 9.12. The van der Waals surface area contributed by atoms with Gasteiger partial charge in [0.2, 0.25) is 0 Å². The summed E-state index contributed by atoms with van der Waals surface area (Å²) in [6.45, 7) is 15.8. The van der Waals surface area contributed by atoms with E-state index >= 15 is 0 Å². The minimum absolute atomic E-state index is 0.288. The summed E-state index contributed by atoms with van der Waals surface area (Å²) in [7, 11) is 0. The zero-order valence-corrected chi connectivity index (χ0v) is 15.3. The third-order valence-electron chi connectivity index (χ3n) is 2.89. The van der Waals surface area contributed by atoms with Gasteiger partial charge in [0.15, 0.2) is 0 Å². The van der Waals surface area contributed by atoms with Crippen molar-refractivity contribution in [3.8, 4) is 0 Å². The standard InChI is InChI=1S/C12H17N.C5H10.Mo/c1-8(2)10-6-5-7-11(9(3)4)12(10)13;1-5(2,3)4;/h5-9H,1-4H3;1H,2-4H3;/q;;+2. The van der Waals surface area contributed by atoms with E-state index in [4.69, 9.17) is 3.50 Å². The van der Waals surface area contributed by atoms with E-state index in [1.165, 1.54) is 16.8 Å². The molecule has 1 aromatic carbocycles. The summed E-state index contributed by atoms with van der Waals surface area (Å²) in [5.74, 6) is 1.08. The van der Waals surface area contributed by atoms with Gasteiger partial charge in [-0.2, -0.15) is 0 Å². The van der Waals surface area contributed by atoms with Crippen molar-refractivity contribution >= 4 is 10.1 Å². The molecule has 0 amide bonds. The van der Waals surface area contributed by atoms with Gasteiger partial charge in [0.05, 0.1) is 0 Å². The van der Waals surface area contributed by atoms with Crippen LogP contribution < -0.4 is 0 Å². The Morgan fingerprint density at radius 3 is 1.84 bits per heavy atom. The third kappa shape index (κ3) is 5.22. The van der Waals surface area contributed by atoms with E-state index in [2.05, 4.69) is 71.1 Å². The number of rotatable bonds is 3. The van der Waals surface area contributed by atoms with Crippen molar-refractivity contribution < 1.29 is 17.9 Å². The average Bonchev–Trinajstić information content (AvgIpc) is 2.26. The van der Waals surface area contributed by atoms with Crippen LogP contribution >= 0.6 is 0 Å². The summed E-state index contributed by atoms with van der Waals surface area (Å²) in [5.41, 5.74) is 4.36. The van der Waals surface area contributed by atoms with Crippen LogP contribution in [0.5, 0.6) is 0 Å². The Balaban J connectivity index is 3.34. The molecule has 0 aromatic heterocycles. The fourth-order valence-electron chi connectivity index (χ4n) is 1.85. The minimum atomic E-state index is -0.415. The van der Waals surface area contributed by atoms with E-state index in [0.717, 1.165) is 0 Å². The normalized spacial score (nSPS) is 11.6. The van der Waals surface area contributed by atoms with E-state index in [1.807, 2.05) is 0 Å². The van der Waals surface area contributed by atoms with Crippen LogP contribution in [-0.4, -0.2) is 4.40 Å². The van der Waals surface area contributed by atoms with Gasteiger partial charge in [-0.15, -0.1) is 0 Å². The van der Waals surface area contributed by atoms with Gasteiger partial charge in [0.1, 0.15) is 0 Å². The molecule has 0 saturated heterocycles. The van der Waals surface area contributed by atoms with Crippen molar-refractivity contribution in [3.63, 3.8) is 0 Å². The van der Waals surface area contributed by atoms with Crippen molar-refractivity contribution in [1.29, 1.82) is 0 Å². The Morgan fingerprint density at radius 1 is 1.00 bits per heavy atom. The molecule has 1 rings (SSSR count). The molecule has 2 heteroatoms. The Kier molecular flexibility index (Phi) is 5.99. The van der Waals surface area contributed by atoms with Crippen LogP contribution in [0, 0.1) is 5.41 Å². The molecular formula is C17H27MoN+2. The van der Waals surface area contributed by atoms with Crippen molar-refractivity contribution in [1.82, 2.24) is 0 Å². The van der Waals surface area contributed by atoms with E-state index < -0.39 is 17.9 Å². The molecule has 1 nitrogen and oxygen atoms in total. The molecule has 0 aliphatic carbocycles. The van der Waals surface area contributed by atoms with Gasteiger partial charge in [0, 0.05) is 0 Å². The Bertz CT molecular complexity index is 460. The fraction of sp³-hybridized carbons (Fsp3) is 0.588. The van der Waals surface area contributed by atoms with E-state index in [0.29, 0.717) is 11.8 Å². The maximum absolute atomic E-state index is 5.01. The van der Waals surface area contributed by atoms with Crippen molar-refractivity contribution in [2.75, 3.05) is 0 Å². The average molecular weight is 341 g/mol. The molecule has 0 aliphatic heterocycles. The summed E-state index contributed by atoms with van der Waals surface area (Å²) >= 11 is -0.415. The predicted octanol–water partition coefficient (Wildman–Crippen LogP) is 5.68. The second-order valence-electron chi connectivity index (χ2n) is 6.78. The molecule has 1 aromatic rings. The Hall–Kier alpha value is -0.422. The van der Waals surface area contributed by atoms with Gasteiger partial charge in [0.25, 0.3) is 0 Å². The molecule has 104 valence electrons. The molecule has 0 fully saturated rings. The van der Waals surface area contributed by atoms with E-state index in [-0.39, 0.29) is 5.41 Å². The van der Waals surface area contributed by atoms with Crippen molar-refractivity contribution in [3.05, 3.63) is 29.3 Å². The first-order chi connectivity index (χ1) is 8.72. The number of nitrogens with zero attached hydrogens (tertiary/aromatic N) is 1. The second kappa shape index (κ2) is 6.84. The topological polar surface area (TPSA) is 12.4 Å². The Morgan fingerprint density at radius 2 is 1.47 bits per heavy atom. The summed E-state index contributed by atoms with van der Waals surface area (Å²) in [6.07, 6.45) is 0. The predicted molar refractivity (Wildman–Crippen MR) is 82.2 cm³/mol. The number of hydrogen-bond donors (Lipinski definition) is 0. The van der Waals surface area contributed by atoms with Crippen LogP contribution in [0.4, 0.5) is 5.69 Å². The van der Waals surface area contributed by atoms with Gasteiger partial charge in [-0.25, -0.2) is 0 Å². The molecule has 0 aliphatic rings. The summed E-state index contributed by atoms with van der Waals surface area (Å²) in [5, 5.41) is 0. The van der Waals surface area contributed by atoms with Crippen LogP contribution in [0.25, 0.3) is 0 Å². The van der Waals surface area contributed by atoms with Crippen molar-refractivity contribution in [2.24, 2.45) is 8.91 Å². The third-order valence-corrected chi connectivity index (χ3v) is 5.60. The maximum atomic E-state index is 5.01. The van der Waals surface area contributed by atoms with Crippen LogP contribution in [0.3, 0.4) is 0 Å². The van der Waals surface area contributed by atoms with Crippen LogP contribution in [-0.2, 0) is 17.9 Å². The quantitative estimate of drug-likeness (QED) is 0.627. The molecule has 0 atom stereocenters. The van der Waals surface area contributed by atoms with Gasteiger partial charge >= 0.3 is 127 Å². The first kappa shape index (κ1) is 16.6. The summed E-state index contributed by atoms with van der Waals surface area (Å²) in [6, 6.07) is 6.65.